The van der Waals surface area contributed by atoms with Gasteiger partial charge < -0.3 is 5.21 Å². The molecular formula is C8H7F4NO. The first-order valence-corrected chi connectivity index (χ1v) is 3.65. The van der Waals surface area contributed by atoms with Crippen molar-refractivity contribution < 1.29 is 22.8 Å². The molecule has 78 valence electrons. The van der Waals surface area contributed by atoms with Gasteiger partial charge in [0.15, 0.2) is 23.3 Å². The first kappa shape index (κ1) is 10.9. The van der Waals surface area contributed by atoms with Gasteiger partial charge in [0.05, 0.1) is 6.54 Å². The molecule has 0 saturated carbocycles. The lowest BCUT2D eigenvalue weighted by Crippen LogP contribution is -2.16. The van der Waals surface area contributed by atoms with Crippen LogP contribution in [-0.4, -0.2) is 17.3 Å². The van der Waals surface area contributed by atoms with E-state index in [0.717, 1.165) is 7.05 Å². The van der Waals surface area contributed by atoms with E-state index in [1.807, 2.05) is 0 Å². The molecule has 1 rings (SSSR count). The summed E-state index contributed by atoms with van der Waals surface area (Å²) in [6.07, 6.45) is 0. The van der Waals surface area contributed by atoms with Crippen molar-refractivity contribution in [1.29, 1.82) is 0 Å². The second-order valence-electron chi connectivity index (χ2n) is 2.76. The Bertz CT molecular complexity index is 327. The topological polar surface area (TPSA) is 23.5 Å². The molecular weight excluding hydrogens is 202 g/mol. The molecule has 0 amide bonds. The zero-order chi connectivity index (χ0) is 10.9. The van der Waals surface area contributed by atoms with E-state index in [-0.39, 0.29) is 6.07 Å². The van der Waals surface area contributed by atoms with Gasteiger partial charge in [-0.2, -0.15) is 5.06 Å². The Kier molecular flexibility index (Phi) is 3.07. The van der Waals surface area contributed by atoms with E-state index in [4.69, 9.17) is 5.21 Å². The highest BCUT2D eigenvalue weighted by Crippen LogP contribution is 2.19. The summed E-state index contributed by atoms with van der Waals surface area (Å²) in [6, 6.07) is 0.117. The number of rotatable bonds is 2. The Morgan fingerprint density at radius 3 is 1.93 bits per heavy atom. The van der Waals surface area contributed by atoms with Crippen molar-refractivity contribution in [2.75, 3.05) is 7.05 Å². The number of nitrogens with zero attached hydrogens (tertiary/aromatic N) is 1. The first-order valence-electron chi connectivity index (χ1n) is 3.65. The van der Waals surface area contributed by atoms with Crippen LogP contribution in [0.15, 0.2) is 6.07 Å². The maximum atomic E-state index is 12.9. The van der Waals surface area contributed by atoms with Crippen LogP contribution < -0.4 is 0 Å². The molecule has 0 saturated heterocycles. The van der Waals surface area contributed by atoms with Crippen molar-refractivity contribution in [1.82, 2.24) is 5.06 Å². The fraction of sp³-hybridized carbons (Fsp3) is 0.250. The summed E-state index contributed by atoms with van der Waals surface area (Å²) in [4.78, 5) is 0. The van der Waals surface area contributed by atoms with Crippen LogP contribution in [-0.2, 0) is 6.54 Å². The highest BCUT2D eigenvalue weighted by molar-refractivity contribution is 5.22. The maximum Gasteiger partial charge on any atom is 0.166 e. The molecule has 0 heterocycles. The van der Waals surface area contributed by atoms with E-state index in [9.17, 15) is 17.6 Å². The molecule has 14 heavy (non-hydrogen) atoms. The average molecular weight is 209 g/mol. The summed E-state index contributed by atoms with van der Waals surface area (Å²) in [6.45, 7) is -0.633. The number of hydrogen-bond acceptors (Lipinski definition) is 2. The van der Waals surface area contributed by atoms with E-state index in [0.29, 0.717) is 5.06 Å². The number of benzene rings is 1. The maximum absolute atomic E-state index is 12.9. The van der Waals surface area contributed by atoms with Gasteiger partial charge in [-0.15, -0.1) is 0 Å². The minimum atomic E-state index is -1.50. The molecule has 0 aliphatic heterocycles. The van der Waals surface area contributed by atoms with Crippen molar-refractivity contribution in [2.24, 2.45) is 0 Å². The van der Waals surface area contributed by atoms with Crippen molar-refractivity contribution in [3.05, 3.63) is 34.9 Å². The van der Waals surface area contributed by atoms with Gasteiger partial charge in [0.2, 0.25) is 0 Å². The molecule has 0 atom stereocenters. The summed E-state index contributed by atoms with van der Waals surface area (Å²) in [5.41, 5.74) is -0.840. The third-order valence-electron chi connectivity index (χ3n) is 1.59. The smallest absolute Gasteiger partial charge is 0.166 e. The normalized spacial score (nSPS) is 11.1. The fourth-order valence-electron chi connectivity index (χ4n) is 0.990. The molecule has 0 bridgehead atoms. The van der Waals surface area contributed by atoms with Gasteiger partial charge in [-0.3, -0.25) is 0 Å². The second-order valence-corrected chi connectivity index (χ2v) is 2.76. The zero-order valence-electron chi connectivity index (χ0n) is 7.19. The van der Waals surface area contributed by atoms with Gasteiger partial charge in [0.25, 0.3) is 0 Å². The summed E-state index contributed by atoms with van der Waals surface area (Å²) in [5.74, 6) is -5.96. The molecule has 0 aromatic heterocycles. The monoisotopic (exact) mass is 209 g/mol. The second kappa shape index (κ2) is 3.93. The van der Waals surface area contributed by atoms with Gasteiger partial charge in [-0.1, -0.05) is 0 Å². The number of halogens is 4. The predicted octanol–water partition coefficient (Wildman–Crippen LogP) is 2.06. The standard InChI is InChI=1S/C8H7F4NO/c1-13(14)3-4-7(11)5(9)2-6(10)8(4)12/h2,14H,3H2,1H3. The Labute approximate surface area is 77.3 Å². The van der Waals surface area contributed by atoms with Crippen molar-refractivity contribution >= 4 is 0 Å². The molecule has 0 aliphatic carbocycles. The molecule has 2 nitrogen and oxygen atoms in total. The lowest BCUT2D eigenvalue weighted by Gasteiger charge is -2.10. The molecule has 1 aromatic carbocycles. The molecule has 0 radical (unpaired) electrons. The molecule has 6 heteroatoms. The van der Waals surface area contributed by atoms with E-state index < -0.39 is 35.4 Å². The van der Waals surface area contributed by atoms with Gasteiger partial charge in [-0.05, 0) is 0 Å². The lowest BCUT2D eigenvalue weighted by atomic mass is 10.2. The molecule has 0 unspecified atom stereocenters. The summed E-state index contributed by atoms with van der Waals surface area (Å²) >= 11 is 0. The van der Waals surface area contributed by atoms with Crippen LogP contribution in [0.5, 0.6) is 0 Å². The molecule has 1 aromatic rings. The van der Waals surface area contributed by atoms with Crippen LogP contribution >= 0.6 is 0 Å². The SMILES string of the molecule is CN(O)Cc1c(F)c(F)cc(F)c1F. The Morgan fingerprint density at radius 1 is 1.14 bits per heavy atom. The minimum absolute atomic E-state index is 0.117. The van der Waals surface area contributed by atoms with Crippen LogP contribution in [0, 0.1) is 23.3 Å². The largest absolute Gasteiger partial charge is 0.314 e. The highest BCUT2D eigenvalue weighted by atomic mass is 19.2. The summed E-state index contributed by atoms with van der Waals surface area (Å²) in [7, 11) is 1.10. The van der Waals surface area contributed by atoms with Gasteiger partial charge in [0.1, 0.15) is 0 Å². The molecule has 0 aliphatic rings. The quantitative estimate of drug-likeness (QED) is 0.458. The van der Waals surface area contributed by atoms with Gasteiger partial charge in [-0.25, -0.2) is 17.6 Å². The average Bonchev–Trinajstić information content (AvgIpc) is 2.09. The Balaban J connectivity index is 3.25. The molecule has 0 spiro atoms. The van der Waals surface area contributed by atoms with Crippen LogP contribution in [0.25, 0.3) is 0 Å². The minimum Gasteiger partial charge on any atom is -0.314 e. The van der Waals surface area contributed by atoms with Crippen molar-refractivity contribution in [3.63, 3.8) is 0 Å². The van der Waals surface area contributed by atoms with E-state index in [1.54, 1.807) is 0 Å². The molecule has 1 N–H and O–H groups in total. The van der Waals surface area contributed by atoms with E-state index in [1.165, 1.54) is 0 Å². The summed E-state index contributed by atoms with van der Waals surface area (Å²) < 4.78 is 50.9. The summed E-state index contributed by atoms with van der Waals surface area (Å²) in [5, 5.41) is 9.11. The third kappa shape index (κ3) is 2.02. The van der Waals surface area contributed by atoms with Gasteiger partial charge >= 0.3 is 0 Å². The Morgan fingerprint density at radius 2 is 1.57 bits per heavy atom. The van der Waals surface area contributed by atoms with Crippen molar-refractivity contribution in [2.45, 2.75) is 6.54 Å². The number of hydroxylamine groups is 2. The van der Waals surface area contributed by atoms with Crippen LogP contribution in [0.2, 0.25) is 0 Å². The van der Waals surface area contributed by atoms with Crippen LogP contribution in [0.3, 0.4) is 0 Å². The lowest BCUT2D eigenvalue weighted by molar-refractivity contribution is -0.0748. The molecule has 0 fully saturated rings. The van der Waals surface area contributed by atoms with Crippen LogP contribution in [0.1, 0.15) is 5.56 Å². The third-order valence-corrected chi connectivity index (χ3v) is 1.59. The van der Waals surface area contributed by atoms with E-state index in [2.05, 4.69) is 0 Å². The fourth-order valence-corrected chi connectivity index (χ4v) is 0.990. The zero-order valence-corrected chi connectivity index (χ0v) is 7.19. The number of hydrogen-bond donors (Lipinski definition) is 1. The van der Waals surface area contributed by atoms with E-state index >= 15 is 0 Å². The Hall–Kier alpha value is -1.14. The predicted molar refractivity (Wildman–Crippen MR) is 39.5 cm³/mol. The van der Waals surface area contributed by atoms with Crippen molar-refractivity contribution in [3.8, 4) is 0 Å². The van der Waals surface area contributed by atoms with Crippen LogP contribution in [0.4, 0.5) is 17.6 Å². The first-order chi connectivity index (χ1) is 6.43. The highest BCUT2D eigenvalue weighted by Gasteiger charge is 2.19. The van der Waals surface area contributed by atoms with Gasteiger partial charge in [0, 0.05) is 18.7 Å².